The summed E-state index contributed by atoms with van der Waals surface area (Å²) in [5.74, 6) is 0. The standard InChI is InChI=1S/C56H42/c1-35-13-21-39(22-14-35)53-45-9-5-7-11-47(45)55(41-25-17-37(3)18-26-41)51-33-43(29-31-49(51)53)44-30-32-50-52(34-44)56(42-27-19-38(4)20-28-42)48-12-8-6-10-46(48)54(50)40-23-15-36(2)16-24-40/h5-34H,1-4H3. The highest BCUT2D eigenvalue weighted by molar-refractivity contribution is 6.23. The van der Waals surface area contributed by atoms with E-state index in [1.54, 1.807) is 0 Å². The Labute approximate surface area is 329 Å². The fourth-order valence-electron chi connectivity index (χ4n) is 8.84. The first-order chi connectivity index (χ1) is 27.4. The van der Waals surface area contributed by atoms with Gasteiger partial charge in [-0.25, -0.2) is 0 Å². The molecular formula is C56H42. The maximum absolute atomic E-state index is 2.45. The van der Waals surface area contributed by atoms with Gasteiger partial charge in [-0.15, -0.1) is 0 Å². The molecule has 266 valence electrons. The molecule has 10 rings (SSSR count). The van der Waals surface area contributed by atoms with E-state index in [1.807, 2.05) is 0 Å². The van der Waals surface area contributed by atoms with Crippen LogP contribution in [0.25, 0.3) is 98.7 Å². The molecule has 56 heavy (non-hydrogen) atoms. The maximum atomic E-state index is 2.45. The van der Waals surface area contributed by atoms with E-state index in [4.69, 9.17) is 0 Å². The molecule has 0 amide bonds. The van der Waals surface area contributed by atoms with Crippen molar-refractivity contribution < 1.29 is 0 Å². The van der Waals surface area contributed by atoms with Gasteiger partial charge in [0.25, 0.3) is 0 Å². The van der Waals surface area contributed by atoms with Gasteiger partial charge >= 0.3 is 0 Å². The molecule has 0 bridgehead atoms. The summed E-state index contributed by atoms with van der Waals surface area (Å²) in [6, 6.07) is 68.3. The average Bonchev–Trinajstić information content (AvgIpc) is 3.23. The summed E-state index contributed by atoms with van der Waals surface area (Å²) in [7, 11) is 0. The lowest BCUT2D eigenvalue weighted by molar-refractivity contribution is 1.47. The second-order valence-electron chi connectivity index (χ2n) is 15.6. The first-order valence-electron chi connectivity index (χ1n) is 19.7. The van der Waals surface area contributed by atoms with Crippen molar-refractivity contribution in [1.29, 1.82) is 0 Å². The van der Waals surface area contributed by atoms with Crippen LogP contribution >= 0.6 is 0 Å². The van der Waals surface area contributed by atoms with Crippen LogP contribution in [0.1, 0.15) is 22.3 Å². The molecule has 10 aromatic carbocycles. The molecule has 0 radical (unpaired) electrons. The lowest BCUT2D eigenvalue weighted by atomic mass is 9.83. The van der Waals surface area contributed by atoms with Crippen molar-refractivity contribution in [2.75, 3.05) is 0 Å². The van der Waals surface area contributed by atoms with E-state index in [0.29, 0.717) is 0 Å². The zero-order valence-corrected chi connectivity index (χ0v) is 32.3. The molecule has 0 heterocycles. The van der Waals surface area contributed by atoms with E-state index >= 15 is 0 Å². The van der Waals surface area contributed by atoms with E-state index in [0.717, 1.165) is 0 Å². The van der Waals surface area contributed by atoms with Gasteiger partial charge in [0.2, 0.25) is 0 Å². The SMILES string of the molecule is Cc1ccc(-c2c3ccccc3c(-c3ccc(C)cc3)c3cc(-c4ccc5c(-c6ccc(C)cc6)c6ccccc6c(-c6ccc(C)cc6)c5c4)ccc23)cc1. The van der Waals surface area contributed by atoms with Gasteiger partial charge in [-0.2, -0.15) is 0 Å². The van der Waals surface area contributed by atoms with Crippen LogP contribution in [0, 0.1) is 27.7 Å². The minimum Gasteiger partial charge on any atom is -0.0616 e. The topological polar surface area (TPSA) is 0 Å². The van der Waals surface area contributed by atoms with E-state index in [2.05, 4.69) is 210 Å². The van der Waals surface area contributed by atoms with Crippen molar-refractivity contribution in [3.63, 3.8) is 0 Å². The Bertz CT molecular complexity index is 2890. The van der Waals surface area contributed by atoms with Crippen molar-refractivity contribution in [2.45, 2.75) is 27.7 Å². The van der Waals surface area contributed by atoms with Crippen molar-refractivity contribution in [2.24, 2.45) is 0 Å². The molecule has 0 aliphatic rings. The third-order valence-electron chi connectivity index (χ3n) is 11.7. The van der Waals surface area contributed by atoms with Gasteiger partial charge in [0.1, 0.15) is 0 Å². The maximum Gasteiger partial charge on any atom is -0.00262 e. The lowest BCUT2D eigenvalue weighted by Crippen LogP contribution is -1.93. The van der Waals surface area contributed by atoms with Gasteiger partial charge in [-0.1, -0.05) is 192 Å². The Kier molecular flexibility index (Phi) is 8.15. The molecule has 0 heteroatoms. The minimum absolute atomic E-state index is 1.21. The second-order valence-corrected chi connectivity index (χ2v) is 15.6. The number of benzene rings is 10. The highest BCUT2D eigenvalue weighted by atomic mass is 14.2. The fourth-order valence-corrected chi connectivity index (χ4v) is 8.84. The summed E-state index contributed by atoms with van der Waals surface area (Å²) in [6.07, 6.45) is 0. The first-order valence-corrected chi connectivity index (χ1v) is 19.7. The van der Waals surface area contributed by atoms with E-state index in [9.17, 15) is 0 Å². The highest BCUT2D eigenvalue weighted by Gasteiger charge is 2.20. The third-order valence-corrected chi connectivity index (χ3v) is 11.7. The Morgan fingerprint density at radius 1 is 0.196 bits per heavy atom. The van der Waals surface area contributed by atoms with Crippen LogP contribution in [-0.4, -0.2) is 0 Å². The minimum atomic E-state index is 1.21. The van der Waals surface area contributed by atoms with Crippen LogP contribution in [-0.2, 0) is 0 Å². The molecule has 0 saturated carbocycles. The van der Waals surface area contributed by atoms with Gasteiger partial charge < -0.3 is 0 Å². The van der Waals surface area contributed by atoms with Crippen LogP contribution in [0.15, 0.2) is 182 Å². The largest absolute Gasteiger partial charge is 0.0616 e. The van der Waals surface area contributed by atoms with Gasteiger partial charge in [-0.05, 0) is 139 Å². The van der Waals surface area contributed by atoms with Gasteiger partial charge in [0.15, 0.2) is 0 Å². The molecule has 0 spiro atoms. The van der Waals surface area contributed by atoms with Crippen molar-refractivity contribution in [1.82, 2.24) is 0 Å². The average molecular weight is 715 g/mol. The van der Waals surface area contributed by atoms with Crippen molar-refractivity contribution in [3.8, 4) is 55.6 Å². The summed E-state index contributed by atoms with van der Waals surface area (Å²) in [5.41, 5.74) is 17.5. The number of hydrogen-bond donors (Lipinski definition) is 0. The van der Waals surface area contributed by atoms with Crippen LogP contribution in [0.5, 0.6) is 0 Å². The van der Waals surface area contributed by atoms with Gasteiger partial charge in [0.05, 0.1) is 0 Å². The molecule has 0 aliphatic heterocycles. The Morgan fingerprint density at radius 2 is 0.411 bits per heavy atom. The zero-order valence-electron chi connectivity index (χ0n) is 32.3. The molecule has 10 aromatic rings. The van der Waals surface area contributed by atoms with Gasteiger partial charge in [0, 0.05) is 0 Å². The Balaban J connectivity index is 1.29. The normalized spacial score (nSPS) is 11.6. The smallest absolute Gasteiger partial charge is 0.00262 e. The van der Waals surface area contributed by atoms with Crippen molar-refractivity contribution in [3.05, 3.63) is 204 Å². The monoisotopic (exact) mass is 714 g/mol. The van der Waals surface area contributed by atoms with E-state index in [1.165, 1.54) is 121 Å². The molecule has 0 fully saturated rings. The summed E-state index contributed by atoms with van der Waals surface area (Å²) >= 11 is 0. The predicted molar refractivity (Wildman–Crippen MR) is 243 cm³/mol. The molecule has 0 atom stereocenters. The fraction of sp³-hybridized carbons (Fsp3) is 0.0714. The zero-order chi connectivity index (χ0) is 37.9. The molecule has 0 N–H and O–H groups in total. The summed E-state index contributed by atoms with van der Waals surface area (Å²) in [6.45, 7) is 8.65. The Hall–Kier alpha value is -6.76. The summed E-state index contributed by atoms with van der Waals surface area (Å²) in [4.78, 5) is 0. The summed E-state index contributed by atoms with van der Waals surface area (Å²) < 4.78 is 0. The van der Waals surface area contributed by atoms with E-state index in [-0.39, 0.29) is 0 Å². The highest BCUT2D eigenvalue weighted by Crippen LogP contribution is 2.47. The molecular weight excluding hydrogens is 673 g/mol. The molecule has 0 aromatic heterocycles. The number of fused-ring (bicyclic) bond motifs is 4. The third kappa shape index (κ3) is 5.69. The van der Waals surface area contributed by atoms with Crippen molar-refractivity contribution >= 4 is 43.1 Å². The first kappa shape index (κ1) is 33.8. The molecule has 0 aliphatic carbocycles. The quantitative estimate of drug-likeness (QED) is 0.156. The molecule has 0 saturated heterocycles. The molecule has 0 nitrogen and oxygen atoms in total. The number of hydrogen-bond acceptors (Lipinski definition) is 0. The van der Waals surface area contributed by atoms with E-state index < -0.39 is 0 Å². The van der Waals surface area contributed by atoms with Crippen LogP contribution in [0.3, 0.4) is 0 Å². The van der Waals surface area contributed by atoms with Crippen LogP contribution in [0.2, 0.25) is 0 Å². The Morgan fingerprint density at radius 3 is 0.679 bits per heavy atom. The molecule has 0 unspecified atom stereocenters. The predicted octanol–water partition coefficient (Wildman–Crippen LogP) is 15.9. The van der Waals surface area contributed by atoms with Gasteiger partial charge in [-0.3, -0.25) is 0 Å². The lowest BCUT2D eigenvalue weighted by Gasteiger charge is -2.20. The number of rotatable bonds is 5. The second kappa shape index (κ2) is 13.5. The summed E-state index contributed by atoms with van der Waals surface area (Å²) in [5, 5.41) is 10.1. The number of aryl methyl sites for hydroxylation is 4. The van der Waals surface area contributed by atoms with Crippen LogP contribution < -0.4 is 0 Å². The van der Waals surface area contributed by atoms with Crippen LogP contribution in [0.4, 0.5) is 0 Å².